The first-order chi connectivity index (χ1) is 11.0. The summed E-state index contributed by atoms with van der Waals surface area (Å²) in [5, 5.41) is 3.92. The molecule has 120 valence electrons. The van der Waals surface area contributed by atoms with Gasteiger partial charge in [0.25, 0.3) is 5.91 Å². The maximum absolute atomic E-state index is 12.8. The fourth-order valence-electron chi connectivity index (χ4n) is 1.96. The molecule has 0 spiro atoms. The third kappa shape index (κ3) is 4.06. The van der Waals surface area contributed by atoms with Gasteiger partial charge in [0.2, 0.25) is 0 Å². The third-order valence-corrected chi connectivity index (χ3v) is 3.25. The molecule has 2 aromatic carbocycles. The number of halogens is 1. The summed E-state index contributed by atoms with van der Waals surface area (Å²) in [6, 6.07) is 8.81. The molecule has 0 aliphatic heterocycles. The number of nitrogens with one attached hydrogen (secondary N) is 1. The minimum atomic E-state index is -0.417. The number of ether oxygens (including phenoxy) is 2. The molecule has 0 aromatic heterocycles. The van der Waals surface area contributed by atoms with Gasteiger partial charge < -0.3 is 9.47 Å². The van der Waals surface area contributed by atoms with E-state index in [2.05, 4.69) is 10.5 Å². The van der Waals surface area contributed by atoms with Crippen molar-refractivity contribution in [3.8, 4) is 11.5 Å². The third-order valence-electron chi connectivity index (χ3n) is 3.25. The van der Waals surface area contributed by atoms with Crippen LogP contribution in [0, 0.1) is 12.7 Å². The highest BCUT2D eigenvalue weighted by Gasteiger charge is 2.08. The summed E-state index contributed by atoms with van der Waals surface area (Å²) >= 11 is 0. The molecule has 0 saturated carbocycles. The molecule has 1 N–H and O–H groups in total. The van der Waals surface area contributed by atoms with Crippen LogP contribution in [0.4, 0.5) is 4.39 Å². The summed E-state index contributed by atoms with van der Waals surface area (Å²) < 4.78 is 23.3. The van der Waals surface area contributed by atoms with Gasteiger partial charge in [-0.3, -0.25) is 4.79 Å². The second-order valence-electron chi connectivity index (χ2n) is 4.77. The smallest absolute Gasteiger partial charge is 0.271 e. The van der Waals surface area contributed by atoms with Crippen LogP contribution >= 0.6 is 0 Å². The fraction of sp³-hybridized carbons (Fsp3) is 0.176. The van der Waals surface area contributed by atoms with Crippen LogP contribution in [0.15, 0.2) is 41.5 Å². The Hall–Kier alpha value is -2.89. The number of hydrazone groups is 1. The summed E-state index contributed by atoms with van der Waals surface area (Å²) in [5.74, 6) is 0.382. The summed E-state index contributed by atoms with van der Waals surface area (Å²) in [4.78, 5) is 11.9. The van der Waals surface area contributed by atoms with Crippen molar-refractivity contribution in [2.45, 2.75) is 6.92 Å². The molecule has 0 saturated heterocycles. The van der Waals surface area contributed by atoms with E-state index in [9.17, 15) is 9.18 Å². The standard InChI is InChI=1S/C17H17FN2O3/c1-11-8-15(22-2)16(23-3)9-13(11)10-19-20-17(21)12-4-6-14(18)7-5-12/h4-10H,1-3H3,(H,20,21)/b19-10-. The Balaban J connectivity index is 2.11. The second-order valence-corrected chi connectivity index (χ2v) is 4.77. The summed E-state index contributed by atoms with van der Waals surface area (Å²) in [7, 11) is 3.11. The van der Waals surface area contributed by atoms with Crippen molar-refractivity contribution in [3.05, 3.63) is 58.9 Å². The van der Waals surface area contributed by atoms with Gasteiger partial charge in [-0.15, -0.1) is 0 Å². The van der Waals surface area contributed by atoms with E-state index in [1.54, 1.807) is 20.3 Å². The summed E-state index contributed by atoms with van der Waals surface area (Å²) in [5.41, 5.74) is 4.42. The molecule has 0 fully saturated rings. The number of carbonyl (C=O) groups excluding carboxylic acids is 1. The Morgan fingerprint density at radius 2 is 1.74 bits per heavy atom. The van der Waals surface area contributed by atoms with Gasteiger partial charge in [0.05, 0.1) is 20.4 Å². The van der Waals surface area contributed by atoms with E-state index >= 15 is 0 Å². The normalized spacial score (nSPS) is 10.6. The van der Waals surface area contributed by atoms with Crippen LogP contribution in [-0.2, 0) is 0 Å². The lowest BCUT2D eigenvalue weighted by atomic mass is 10.1. The van der Waals surface area contributed by atoms with Gasteiger partial charge in [-0.25, -0.2) is 9.82 Å². The van der Waals surface area contributed by atoms with E-state index in [0.29, 0.717) is 17.1 Å². The molecule has 5 nitrogen and oxygen atoms in total. The van der Waals surface area contributed by atoms with Crippen molar-refractivity contribution in [2.24, 2.45) is 5.10 Å². The fourth-order valence-corrected chi connectivity index (χ4v) is 1.96. The first-order valence-electron chi connectivity index (χ1n) is 6.86. The molecule has 0 bridgehead atoms. The Kier molecular flexibility index (Phi) is 5.30. The average Bonchev–Trinajstić information content (AvgIpc) is 2.56. The van der Waals surface area contributed by atoms with Crippen molar-refractivity contribution < 1.29 is 18.7 Å². The zero-order chi connectivity index (χ0) is 16.8. The van der Waals surface area contributed by atoms with Crippen molar-refractivity contribution in [1.82, 2.24) is 5.43 Å². The van der Waals surface area contributed by atoms with E-state index in [4.69, 9.17) is 9.47 Å². The van der Waals surface area contributed by atoms with Crippen molar-refractivity contribution >= 4 is 12.1 Å². The number of nitrogens with zero attached hydrogens (tertiary/aromatic N) is 1. The Morgan fingerprint density at radius 3 is 2.35 bits per heavy atom. The lowest BCUT2D eigenvalue weighted by Crippen LogP contribution is -2.17. The van der Waals surface area contributed by atoms with Gasteiger partial charge in [0.1, 0.15) is 5.82 Å². The minimum absolute atomic E-state index is 0.326. The molecule has 0 atom stereocenters. The monoisotopic (exact) mass is 316 g/mol. The van der Waals surface area contributed by atoms with Crippen LogP contribution < -0.4 is 14.9 Å². The molecular weight excluding hydrogens is 299 g/mol. The molecule has 23 heavy (non-hydrogen) atoms. The molecule has 0 heterocycles. The number of hydrogen-bond donors (Lipinski definition) is 1. The second kappa shape index (κ2) is 7.40. The van der Waals surface area contributed by atoms with Crippen LogP contribution in [0.5, 0.6) is 11.5 Å². The highest BCUT2D eigenvalue weighted by molar-refractivity contribution is 5.95. The maximum atomic E-state index is 12.8. The van der Waals surface area contributed by atoms with Crippen molar-refractivity contribution in [3.63, 3.8) is 0 Å². The van der Waals surface area contributed by atoms with Gasteiger partial charge >= 0.3 is 0 Å². The Labute approximate surface area is 133 Å². The molecule has 2 aromatic rings. The van der Waals surface area contributed by atoms with Crippen molar-refractivity contribution in [2.75, 3.05) is 14.2 Å². The van der Waals surface area contributed by atoms with E-state index in [0.717, 1.165) is 11.1 Å². The molecule has 1 amide bonds. The predicted molar refractivity (Wildman–Crippen MR) is 85.7 cm³/mol. The first kappa shape index (κ1) is 16.5. The highest BCUT2D eigenvalue weighted by Crippen LogP contribution is 2.29. The summed E-state index contributed by atoms with van der Waals surface area (Å²) in [6.07, 6.45) is 1.51. The zero-order valence-corrected chi connectivity index (χ0v) is 13.1. The number of aryl methyl sites for hydroxylation is 1. The number of hydrogen-bond acceptors (Lipinski definition) is 4. The lowest BCUT2D eigenvalue weighted by molar-refractivity contribution is 0.0955. The van der Waals surface area contributed by atoms with Crippen LogP contribution in [0.25, 0.3) is 0 Å². The van der Waals surface area contributed by atoms with E-state index in [-0.39, 0.29) is 0 Å². The number of rotatable bonds is 5. The first-order valence-corrected chi connectivity index (χ1v) is 6.86. The van der Waals surface area contributed by atoms with Gasteiger partial charge in [-0.2, -0.15) is 5.10 Å². The molecule has 0 aliphatic rings. The molecule has 6 heteroatoms. The van der Waals surface area contributed by atoms with Crippen LogP contribution in [0.3, 0.4) is 0 Å². The number of amides is 1. The lowest BCUT2D eigenvalue weighted by Gasteiger charge is -2.10. The van der Waals surface area contributed by atoms with Crippen molar-refractivity contribution in [1.29, 1.82) is 0 Å². The van der Waals surface area contributed by atoms with Gasteiger partial charge in [-0.1, -0.05) is 0 Å². The van der Waals surface area contributed by atoms with Gasteiger partial charge in [0.15, 0.2) is 11.5 Å². The van der Waals surface area contributed by atoms with Crippen LogP contribution in [-0.4, -0.2) is 26.3 Å². The minimum Gasteiger partial charge on any atom is -0.493 e. The van der Waals surface area contributed by atoms with E-state index < -0.39 is 11.7 Å². The summed E-state index contributed by atoms with van der Waals surface area (Å²) in [6.45, 7) is 1.89. The Bertz CT molecular complexity index is 727. The number of methoxy groups -OCH3 is 2. The maximum Gasteiger partial charge on any atom is 0.271 e. The average molecular weight is 316 g/mol. The van der Waals surface area contributed by atoms with Crippen LogP contribution in [0.2, 0.25) is 0 Å². The van der Waals surface area contributed by atoms with Crippen LogP contribution in [0.1, 0.15) is 21.5 Å². The Morgan fingerprint density at radius 1 is 1.13 bits per heavy atom. The van der Waals surface area contributed by atoms with Gasteiger partial charge in [0, 0.05) is 11.1 Å². The largest absolute Gasteiger partial charge is 0.493 e. The highest BCUT2D eigenvalue weighted by atomic mass is 19.1. The topological polar surface area (TPSA) is 59.9 Å². The zero-order valence-electron chi connectivity index (χ0n) is 13.1. The van der Waals surface area contributed by atoms with E-state index in [1.165, 1.54) is 30.5 Å². The van der Waals surface area contributed by atoms with E-state index in [1.807, 2.05) is 13.0 Å². The number of carbonyl (C=O) groups is 1. The molecule has 0 aliphatic carbocycles. The SMILES string of the molecule is COc1cc(C)c(/C=N\NC(=O)c2ccc(F)cc2)cc1OC. The molecule has 0 unspecified atom stereocenters. The number of benzene rings is 2. The van der Waals surface area contributed by atoms with Gasteiger partial charge in [-0.05, 0) is 48.9 Å². The quantitative estimate of drug-likeness (QED) is 0.681. The molecule has 2 rings (SSSR count). The predicted octanol–water partition coefficient (Wildman–Crippen LogP) is 2.92. The molecule has 0 radical (unpaired) electrons. The molecular formula is C17H17FN2O3.